The van der Waals surface area contributed by atoms with Crippen molar-refractivity contribution >= 4 is 11.0 Å². The van der Waals surface area contributed by atoms with Crippen molar-refractivity contribution in [2.45, 2.75) is 13.0 Å². The third-order valence-corrected chi connectivity index (χ3v) is 3.03. The van der Waals surface area contributed by atoms with Gasteiger partial charge in [0.25, 0.3) is 0 Å². The first-order valence-corrected chi connectivity index (χ1v) is 6.18. The van der Waals surface area contributed by atoms with Gasteiger partial charge in [-0.2, -0.15) is 0 Å². The molecule has 2 heterocycles. The van der Waals surface area contributed by atoms with Crippen LogP contribution in [-0.2, 0) is 13.0 Å². The van der Waals surface area contributed by atoms with E-state index in [-0.39, 0.29) is 5.69 Å². The van der Waals surface area contributed by atoms with Gasteiger partial charge in [0.2, 0.25) is 0 Å². The Morgan fingerprint density at radius 3 is 2.74 bits per heavy atom. The van der Waals surface area contributed by atoms with Gasteiger partial charge in [0, 0.05) is 6.42 Å². The monoisotopic (exact) mass is 257 g/mol. The summed E-state index contributed by atoms with van der Waals surface area (Å²) in [5, 5.41) is 3.05. The maximum Gasteiger partial charge on any atom is 0.323 e. The highest BCUT2D eigenvalue weighted by atomic mass is 16.3. The van der Waals surface area contributed by atoms with Crippen molar-refractivity contribution in [1.29, 1.82) is 0 Å². The molecule has 2 aromatic heterocycles. The predicted octanol–water partition coefficient (Wildman–Crippen LogP) is 1.76. The van der Waals surface area contributed by atoms with Crippen LogP contribution in [-0.4, -0.2) is 17.0 Å². The third-order valence-electron chi connectivity index (χ3n) is 3.03. The zero-order valence-corrected chi connectivity index (χ0v) is 10.6. The van der Waals surface area contributed by atoms with Crippen LogP contribution < -0.4 is 11.0 Å². The molecule has 0 spiro atoms. The minimum Gasteiger partial charge on any atom is -0.464 e. The Morgan fingerprint density at radius 2 is 1.89 bits per heavy atom. The molecule has 0 saturated carbocycles. The lowest BCUT2D eigenvalue weighted by Gasteiger charge is -1.99. The van der Waals surface area contributed by atoms with Crippen LogP contribution >= 0.6 is 0 Å². The topological polar surface area (TPSA) is 73.8 Å². The molecule has 3 N–H and O–H groups in total. The maximum atomic E-state index is 11.2. The van der Waals surface area contributed by atoms with Gasteiger partial charge >= 0.3 is 5.69 Å². The Balaban J connectivity index is 1.85. The molecule has 0 bridgehead atoms. The smallest absolute Gasteiger partial charge is 0.323 e. The predicted molar refractivity (Wildman–Crippen MR) is 73.2 cm³/mol. The van der Waals surface area contributed by atoms with E-state index in [1.807, 2.05) is 37.4 Å². The fraction of sp³-hybridized carbons (Fsp3) is 0.214. The summed E-state index contributed by atoms with van der Waals surface area (Å²) in [6.45, 7) is 0.726. The quantitative estimate of drug-likeness (QED) is 0.666. The molecule has 19 heavy (non-hydrogen) atoms. The molecule has 5 nitrogen and oxygen atoms in total. The van der Waals surface area contributed by atoms with Crippen molar-refractivity contribution in [3.05, 3.63) is 57.9 Å². The summed E-state index contributed by atoms with van der Waals surface area (Å²) >= 11 is 0. The molecule has 0 aliphatic rings. The molecule has 0 radical (unpaired) electrons. The largest absolute Gasteiger partial charge is 0.464 e. The van der Waals surface area contributed by atoms with Crippen molar-refractivity contribution in [1.82, 2.24) is 15.3 Å². The second kappa shape index (κ2) is 4.78. The molecular weight excluding hydrogens is 242 g/mol. The SMILES string of the molecule is CNCc1ccc(Cc2ccc3[nH]c(=O)[nH]c3c2)o1. The van der Waals surface area contributed by atoms with Crippen LogP contribution in [0.1, 0.15) is 17.1 Å². The molecule has 0 amide bonds. The van der Waals surface area contributed by atoms with Crippen molar-refractivity contribution in [3.63, 3.8) is 0 Å². The summed E-state index contributed by atoms with van der Waals surface area (Å²) in [6.07, 6.45) is 0.715. The highest BCUT2D eigenvalue weighted by molar-refractivity contribution is 5.75. The van der Waals surface area contributed by atoms with Crippen LogP contribution in [0.3, 0.4) is 0 Å². The van der Waals surface area contributed by atoms with Gasteiger partial charge < -0.3 is 19.7 Å². The standard InChI is InChI=1S/C14H15N3O2/c1-15-8-11-4-3-10(19-11)6-9-2-5-12-13(7-9)17-14(18)16-12/h2-5,7,15H,6,8H2,1H3,(H2,16,17,18). The average molecular weight is 257 g/mol. The zero-order chi connectivity index (χ0) is 13.2. The van der Waals surface area contributed by atoms with Gasteiger partial charge in [-0.1, -0.05) is 6.07 Å². The van der Waals surface area contributed by atoms with E-state index in [0.717, 1.165) is 34.7 Å². The molecule has 98 valence electrons. The number of hydrogen-bond acceptors (Lipinski definition) is 3. The Morgan fingerprint density at radius 1 is 1.11 bits per heavy atom. The van der Waals surface area contributed by atoms with Crippen LogP contribution in [0, 0.1) is 0 Å². The van der Waals surface area contributed by atoms with Crippen LogP contribution in [0.2, 0.25) is 0 Å². The zero-order valence-electron chi connectivity index (χ0n) is 10.6. The summed E-state index contributed by atoms with van der Waals surface area (Å²) in [4.78, 5) is 16.7. The molecule has 0 saturated heterocycles. The summed E-state index contributed by atoms with van der Waals surface area (Å²) in [5.74, 6) is 1.84. The van der Waals surface area contributed by atoms with Crippen LogP contribution in [0.25, 0.3) is 11.0 Å². The fourth-order valence-electron chi connectivity index (χ4n) is 2.18. The number of nitrogens with one attached hydrogen (secondary N) is 3. The van der Waals surface area contributed by atoms with E-state index >= 15 is 0 Å². The molecule has 3 aromatic rings. The number of fused-ring (bicyclic) bond motifs is 1. The van der Waals surface area contributed by atoms with E-state index in [4.69, 9.17) is 4.42 Å². The Kier molecular flexibility index (Phi) is 2.97. The Bertz CT molecular complexity index is 751. The first-order chi connectivity index (χ1) is 9.24. The molecule has 0 unspecified atom stereocenters. The van der Waals surface area contributed by atoms with Gasteiger partial charge in [0.05, 0.1) is 17.6 Å². The van der Waals surface area contributed by atoms with Gasteiger partial charge in [-0.3, -0.25) is 0 Å². The number of H-pyrrole nitrogens is 2. The van der Waals surface area contributed by atoms with E-state index in [9.17, 15) is 4.79 Å². The van der Waals surface area contributed by atoms with E-state index in [0.29, 0.717) is 6.42 Å². The summed E-state index contributed by atoms with van der Waals surface area (Å²) in [6, 6.07) is 9.82. The fourth-order valence-corrected chi connectivity index (χ4v) is 2.18. The van der Waals surface area contributed by atoms with Crippen LogP contribution in [0.15, 0.2) is 39.5 Å². The number of aromatic nitrogens is 2. The normalized spacial score (nSPS) is 11.2. The van der Waals surface area contributed by atoms with E-state index in [2.05, 4.69) is 15.3 Å². The molecule has 0 aliphatic heterocycles. The highest BCUT2D eigenvalue weighted by Gasteiger charge is 2.05. The molecule has 3 rings (SSSR count). The van der Waals surface area contributed by atoms with Crippen LogP contribution in [0.4, 0.5) is 0 Å². The summed E-state index contributed by atoms with van der Waals surface area (Å²) in [5.41, 5.74) is 2.57. The van der Waals surface area contributed by atoms with Gasteiger partial charge in [-0.15, -0.1) is 0 Å². The van der Waals surface area contributed by atoms with Gasteiger partial charge in [-0.25, -0.2) is 4.79 Å². The van der Waals surface area contributed by atoms with E-state index < -0.39 is 0 Å². The maximum absolute atomic E-state index is 11.2. The third kappa shape index (κ3) is 2.46. The molecule has 5 heteroatoms. The van der Waals surface area contributed by atoms with Crippen molar-refractivity contribution in [3.8, 4) is 0 Å². The van der Waals surface area contributed by atoms with Crippen molar-refractivity contribution in [2.24, 2.45) is 0 Å². The second-order valence-electron chi connectivity index (χ2n) is 4.53. The first kappa shape index (κ1) is 11.8. The number of furan rings is 1. The number of imidazole rings is 1. The lowest BCUT2D eigenvalue weighted by Crippen LogP contribution is -2.03. The Labute approximate surface area is 109 Å². The van der Waals surface area contributed by atoms with E-state index in [1.54, 1.807) is 0 Å². The molecular formula is C14H15N3O2. The number of rotatable bonds is 4. The lowest BCUT2D eigenvalue weighted by atomic mass is 10.1. The molecule has 0 aliphatic carbocycles. The van der Waals surface area contributed by atoms with E-state index in [1.165, 1.54) is 0 Å². The minimum atomic E-state index is -0.179. The minimum absolute atomic E-state index is 0.179. The second-order valence-corrected chi connectivity index (χ2v) is 4.53. The number of benzene rings is 1. The number of aromatic amines is 2. The Hall–Kier alpha value is -2.27. The van der Waals surface area contributed by atoms with Gasteiger partial charge in [-0.05, 0) is 36.9 Å². The molecule has 1 aromatic carbocycles. The highest BCUT2D eigenvalue weighted by Crippen LogP contribution is 2.16. The molecule has 0 fully saturated rings. The van der Waals surface area contributed by atoms with Crippen LogP contribution in [0.5, 0.6) is 0 Å². The van der Waals surface area contributed by atoms with Gasteiger partial charge in [0.1, 0.15) is 11.5 Å². The summed E-state index contributed by atoms with van der Waals surface area (Å²) < 4.78 is 5.70. The average Bonchev–Trinajstić information content (AvgIpc) is 2.95. The van der Waals surface area contributed by atoms with Crippen molar-refractivity contribution < 1.29 is 4.42 Å². The van der Waals surface area contributed by atoms with Gasteiger partial charge in [0.15, 0.2) is 0 Å². The molecule has 0 atom stereocenters. The van der Waals surface area contributed by atoms with Crippen molar-refractivity contribution in [2.75, 3.05) is 7.05 Å². The summed E-state index contributed by atoms with van der Waals surface area (Å²) in [7, 11) is 1.89. The first-order valence-electron chi connectivity index (χ1n) is 6.18. The number of hydrogen-bond donors (Lipinski definition) is 3. The lowest BCUT2D eigenvalue weighted by molar-refractivity contribution is 0.462.